The highest BCUT2D eigenvalue weighted by atomic mass is 16.5. The van der Waals surface area contributed by atoms with Crippen LogP contribution in [0.3, 0.4) is 0 Å². The zero-order valence-electron chi connectivity index (χ0n) is 16.0. The summed E-state index contributed by atoms with van der Waals surface area (Å²) < 4.78 is 22.5. The Labute approximate surface area is 155 Å². The molecule has 0 fully saturated rings. The van der Waals surface area contributed by atoms with Crippen molar-refractivity contribution in [2.45, 2.75) is 26.3 Å². The second kappa shape index (κ2) is 8.32. The van der Waals surface area contributed by atoms with E-state index in [9.17, 15) is 0 Å². The molecule has 5 nitrogen and oxygen atoms in total. The molecule has 2 aromatic rings. The summed E-state index contributed by atoms with van der Waals surface area (Å²) in [4.78, 5) is 0. The summed E-state index contributed by atoms with van der Waals surface area (Å²) in [5.74, 6) is 3.14. The van der Waals surface area contributed by atoms with Gasteiger partial charge in [-0.15, -0.1) is 0 Å². The molecule has 0 radical (unpaired) electrons. The summed E-state index contributed by atoms with van der Waals surface area (Å²) in [5.41, 5.74) is 3.78. The van der Waals surface area contributed by atoms with Crippen LogP contribution in [0.25, 0.3) is 0 Å². The van der Waals surface area contributed by atoms with E-state index in [1.54, 1.807) is 14.2 Å². The lowest BCUT2D eigenvalue weighted by Crippen LogP contribution is -2.87. The van der Waals surface area contributed by atoms with E-state index in [4.69, 9.17) is 18.9 Å². The van der Waals surface area contributed by atoms with Crippen LogP contribution >= 0.6 is 0 Å². The third kappa shape index (κ3) is 3.58. The van der Waals surface area contributed by atoms with Crippen LogP contribution in [0, 0.1) is 0 Å². The minimum absolute atomic E-state index is 0.202. The molecule has 0 amide bonds. The first kappa shape index (κ1) is 18.4. The van der Waals surface area contributed by atoms with E-state index in [1.165, 1.54) is 16.7 Å². The standard InChI is InChI=1S/C21H27NO4/c1-5-25-19-11-14-9-10-22-21(16(14)13-20(19)26-6-2)15-7-8-17(23-3)18(12-15)24-4/h7-8,11-13,21-22H,5-6,9-10H2,1-4H3/p+1/t21-/m0/s1. The summed E-state index contributed by atoms with van der Waals surface area (Å²) in [6.45, 7) is 6.27. The molecule has 1 aliphatic heterocycles. The summed E-state index contributed by atoms with van der Waals surface area (Å²) >= 11 is 0. The minimum atomic E-state index is 0.202. The Morgan fingerprint density at radius 3 is 2.23 bits per heavy atom. The van der Waals surface area contributed by atoms with E-state index in [1.807, 2.05) is 19.9 Å². The van der Waals surface area contributed by atoms with Crippen LogP contribution in [0.2, 0.25) is 0 Å². The van der Waals surface area contributed by atoms with E-state index in [0.717, 1.165) is 36.0 Å². The average Bonchev–Trinajstić information content (AvgIpc) is 2.68. The van der Waals surface area contributed by atoms with E-state index in [2.05, 4.69) is 29.6 Å². The number of benzene rings is 2. The van der Waals surface area contributed by atoms with Gasteiger partial charge < -0.3 is 24.3 Å². The minimum Gasteiger partial charge on any atom is -0.493 e. The predicted octanol–water partition coefficient (Wildman–Crippen LogP) is 2.71. The maximum Gasteiger partial charge on any atom is 0.161 e. The lowest BCUT2D eigenvalue weighted by atomic mass is 9.89. The number of ether oxygens (including phenoxy) is 4. The van der Waals surface area contributed by atoms with Crippen molar-refractivity contribution >= 4 is 0 Å². The van der Waals surface area contributed by atoms with Gasteiger partial charge in [0.25, 0.3) is 0 Å². The molecule has 1 aliphatic rings. The molecular formula is C21H28NO4+. The van der Waals surface area contributed by atoms with Crippen molar-refractivity contribution in [3.05, 3.63) is 47.0 Å². The van der Waals surface area contributed by atoms with E-state index < -0.39 is 0 Å². The molecule has 0 bridgehead atoms. The summed E-state index contributed by atoms with van der Waals surface area (Å²) in [6, 6.07) is 10.6. The summed E-state index contributed by atoms with van der Waals surface area (Å²) in [6.07, 6.45) is 1.02. The molecule has 0 aliphatic carbocycles. The van der Waals surface area contributed by atoms with E-state index in [-0.39, 0.29) is 6.04 Å². The number of quaternary nitrogens is 1. The predicted molar refractivity (Wildman–Crippen MR) is 101 cm³/mol. The highest BCUT2D eigenvalue weighted by molar-refractivity contribution is 5.52. The fraction of sp³-hybridized carbons (Fsp3) is 0.429. The Bertz CT molecular complexity index is 760. The van der Waals surface area contributed by atoms with Crippen LogP contribution in [-0.4, -0.2) is 34.0 Å². The Morgan fingerprint density at radius 1 is 0.885 bits per heavy atom. The van der Waals surface area contributed by atoms with Crippen LogP contribution < -0.4 is 24.3 Å². The van der Waals surface area contributed by atoms with Crippen molar-refractivity contribution in [1.82, 2.24) is 0 Å². The third-order valence-electron chi connectivity index (χ3n) is 4.72. The lowest BCUT2D eigenvalue weighted by molar-refractivity contribution is -0.690. The number of nitrogens with two attached hydrogens (primary N) is 1. The zero-order valence-corrected chi connectivity index (χ0v) is 16.0. The van der Waals surface area contributed by atoms with Crippen LogP contribution in [0.1, 0.15) is 36.6 Å². The maximum atomic E-state index is 5.84. The number of hydrogen-bond acceptors (Lipinski definition) is 4. The van der Waals surface area contributed by atoms with Crippen molar-refractivity contribution in [3.8, 4) is 23.0 Å². The highest BCUT2D eigenvalue weighted by Crippen LogP contribution is 2.37. The fourth-order valence-corrected chi connectivity index (χ4v) is 3.55. The van der Waals surface area contributed by atoms with Gasteiger partial charge in [0.05, 0.1) is 34.0 Å². The third-order valence-corrected chi connectivity index (χ3v) is 4.72. The van der Waals surface area contributed by atoms with E-state index >= 15 is 0 Å². The van der Waals surface area contributed by atoms with Crippen molar-refractivity contribution < 1.29 is 24.3 Å². The molecule has 1 atom stereocenters. The first-order valence-corrected chi connectivity index (χ1v) is 9.19. The van der Waals surface area contributed by atoms with Crippen LogP contribution in [0.5, 0.6) is 23.0 Å². The zero-order chi connectivity index (χ0) is 18.5. The topological polar surface area (TPSA) is 53.5 Å². The molecular weight excluding hydrogens is 330 g/mol. The van der Waals surface area contributed by atoms with Crippen LogP contribution in [0.4, 0.5) is 0 Å². The molecule has 0 aromatic heterocycles. The molecule has 1 heterocycles. The first-order valence-electron chi connectivity index (χ1n) is 9.19. The maximum absolute atomic E-state index is 5.84. The van der Waals surface area contributed by atoms with Crippen molar-refractivity contribution in [1.29, 1.82) is 0 Å². The van der Waals surface area contributed by atoms with Crippen molar-refractivity contribution in [2.75, 3.05) is 34.0 Å². The van der Waals surface area contributed by atoms with Crippen molar-refractivity contribution in [3.63, 3.8) is 0 Å². The SMILES string of the molecule is CCOc1cc2c(cc1OCC)[C@H](c1ccc(OC)c(OC)c1)[NH2+]CC2. The smallest absolute Gasteiger partial charge is 0.161 e. The highest BCUT2D eigenvalue weighted by Gasteiger charge is 2.28. The Morgan fingerprint density at radius 2 is 1.58 bits per heavy atom. The molecule has 26 heavy (non-hydrogen) atoms. The molecule has 3 rings (SSSR count). The fourth-order valence-electron chi connectivity index (χ4n) is 3.55. The van der Waals surface area contributed by atoms with Gasteiger partial charge in [-0.3, -0.25) is 0 Å². The van der Waals surface area contributed by atoms with Crippen LogP contribution in [0.15, 0.2) is 30.3 Å². The number of hydrogen-bond donors (Lipinski definition) is 1. The number of rotatable bonds is 7. The second-order valence-electron chi connectivity index (χ2n) is 6.23. The summed E-state index contributed by atoms with van der Waals surface area (Å²) in [7, 11) is 3.32. The number of fused-ring (bicyclic) bond motifs is 1. The average molecular weight is 358 g/mol. The molecule has 2 aromatic carbocycles. The van der Waals surface area contributed by atoms with Gasteiger partial charge in [0.15, 0.2) is 23.0 Å². The largest absolute Gasteiger partial charge is 0.493 e. The van der Waals surface area contributed by atoms with Gasteiger partial charge in [0, 0.05) is 17.5 Å². The quantitative estimate of drug-likeness (QED) is 0.827. The van der Waals surface area contributed by atoms with Crippen molar-refractivity contribution in [2.24, 2.45) is 0 Å². The Balaban J connectivity index is 2.04. The summed E-state index contributed by atoms with van der Waals surface area (Å²) in [5, 5.41) is 2.36. The molecule has 0 saturated carbocycles. The molecule has 2 N–H and O–H groups in total. The van der Waals surface area contributed by atoms with Crippen LogP contribution in [-0.2, 0) is 6.42 Å². The monoisotopic (exact) mass is 358 g/mol. The first-order chi connectivity index (χ1) is 12.7. The van der Waals surface area contributed by atoms with Gasteiger partial charge in [0.2, 0.25) is 0 Å². The molecule has 140 valence electrons. The number of methoxy groups -OCH3 is 2. The van der Waals surface area contributed by atoms with Gasteiger partial charge in [-0.25, -0.2) is 0 Å². The van der Waals surface area contributed by atoms with Gasteiger partial charge in [-0.05, 0) is 49.7 Å². The normalized spacial score (nSPS) is 15.9. The Kier molecular flexibility index (Phi) is 5.89. The van der Waals surface area contributed by atoms with Gasteiger partial charge in [0.1, 0.15) is 6.04 Å². The van der Waals surface area contributed by atoms with Gasteiger partial charge in [-0.1, -0.05) is 0 Å². The second-order valence-corrected chi connectivity index (χ2v) is 6.23. The van der Waals surface area contributed by atoms with E-state index in [0.29, 0.717) is 13.2 Å². The molecule has 5 heteroatoms. The molecule has 0 spiro atoms. The van der Waals surface area contributed by atoms with Gasteiger partial charge >= 0.3 is 0 Å². The molecule has 0 saturated heterocycles. The molecule has 0 unspecified atom stereocenters. The lowest BCUT2D eigenvalue weighted by Gasteiger charge is -2.26. The van der Waals surface area contributed by atoms with Gasteiger partial charge in [-0.2, -0.15) is 0 Å². The Hall–Kier alpha value is -2.40.